The summed E-state index contributed by atoms with van der Waals surface area (Å²) in [5.74, 6) is -1.65. The van der Waals surface area contributed by atoms with Crippen molar-refractivity contribution in [1.82, 2.24) is 14.7 Å². The maximum Gasteiger partial charge on any atom is 0.326 e. The van der Waals surface area contributed by atoms with Crippen LogP contribution in [0.3, 0.4) is 0 Å². The number of fused-ring (bicyclic) bond motifs is 1. The number of carbonyl (C=O) groups is 2. The number of imidazole rings is 1. The molecule has 0 fully saturated rings. The fourth-order valence-electron chi connectivity index (χ4n) is 1.94. The van der Waals surface area contributed by atoms with Gasteiger partial charge in [0.2, 0.25) is 0 Å². The Labute approximate surface area is 116 Å². The van der Waals surface area contributed by atoms with Crippen molar-refractivity contribution in [2.45, 2.75) is 26.3 Å². The van der Waals surface area contributed by atoms with Gasteiger partial charge in [-0.1, -0.05) is 26.3 Å². The van der Waals surface area contributed by atoms with Crippen LogP contribution in [0.25, 0.3) is 5.65 Å². The van der Waals surface area contributed by atoms with Crippen molar-refractivity contribution >= 4 is 17.5 Å². The van der Waals surface area contributed by atoms with E-state index in [2.05, 4.69) is 10.3 Å². The van der Waals surface area contributed by atoms with Crippen LogP contribution in [0, 0.1) is 5.92 Å². The molecule has 2 rings (SSSR count). The first-order valence-electron chi connectivity index (χ1n) is 6.50. The fraction of sp³-hybridized carbons (Fsp3) is 0.357. The number of hydrogen-bond acceptors (Lipinski definition) is 3. The summed E-state index contributed by atoms with van der Waals surface area (Å²) in [5.41, 5.74) is 0.860. The molecular formula is C14H17N3O3. The summed E-state index contributed by atoms with van der Waals surface area (Å²) in [6.45, 7) is 3.68. The van der Waals surface area contributed by atoms with Gasteiger partial charge in [-0.05, 0) is 18.1 Å². The number of carbonyl (C=O) groups excluding carboxylic acids is 1. The normalized spacial score (nSPS) is 13.9. The number of carboxylic acids is 1. The van der Waals surface area contributed by atoms with Crippen LogP contribution in [0.15, 0.2) is 30.6 Å². The lowest BCUT2D eigenvalue weighted by molar-refractivity contribution is -0.140. The molecule has 0 bridgehead atoms. The highest BCUT2D eigenvalue weighted by Crippen LogP contribution is 2.10. The molecule has 0 aliphatic rings. The van der Waals surface area contributed by atoms with Gasteiger partial charge in [0, 0.05) is 12.4 Å². The van der Waals surface area contributed by atoms with Crippen molar-refractivity contribution in [1.29, 1.82) is 0 Å². The summed E-state index contributed by atoms with van der Waals surface area (Å²) in [6.07, 6.45) is 4.03. The lowest BCUT2D eigenvalue weighted by atomic mass is 9.99. The van der Waals surface area contributed by atoms with Gasteiger partial charge in [0.1, 0.15) is 17.4 Å². The van der Waals surface area contributed by atoms with E-state index >= 15 is 0 Å². The molecule has 0 saturated carbocycles. The van der Waals surface area contributed by atoms with Crippen LogP contribution in [-0.2, 0) is 4.79 Å². The molecule has 2 heterocycles. The van der Waals surface area contributed by atoms with E-state index in [1.54, 1.807) is 29.8 Å². The smallest absolute Gasteiger partial charge is 0.326 e. The zero-order valence-electron chi connectivity index (χ0n) is 11.4. The molecule has 0 radical (unpaired) electrons. The molecule has 1 unspecified atom stereocenters. The van der Waals surface area contributed by atoms with Crippen molar-refractivity contribution < 1.29 is 14.7 Å². The minimum absolute atomic E-state index is 0.145. The van der Waals surface area contributed by atoms with Crippen LogP contribution in [0.2, 0.25) is 0 Å². The molecule has 106 valence electrons. The third-order valence-electron chi connectivity index (χ3n) is 3.36. The van der Waals surface area contributed by atoms with E-state index in [-0.39, 0.29) is 11.6 Å². The largest absolute Gasteiger partial charge is 0.480 e. The Hall–Kier alpha value is -2.37. The average Bonchev–Trinajstić information content (AvgIpc) is 2.87. The third-order valence-corrected chi connectivity index (χ3v) is 3.36. The summed E-state index contributed by atoms with van der Waals surface area (Å²) in [6, 6.07) is 4.52. The average molecular weight is 275 g/mol. The molecule has 0 aromatic carbocycles. The summed E-state index contributed by atoms with van der Waals surface area (Å²) in [7, 11) is 0. The van der Waals surface area contributed by atoms with Gasteiger partial charge in [-0.3, -0.25) is 4.79 Å². The summed E-state index contributed by atoms with van der Waals surface area (Å²) < 4.78 is 1.72. The Balaban J connectivity index is 2.20. The van der Waals surface area contributed by atoms with E-state index in [0.29, 0.717) is 12.1 Å². The molecule has 2 N–H and O–H groups in total. The van der Waals surface area contributed by atoms with Crippen molar-refractivity contribution in [2.75, 3.05) is 0 Å². The van der Waals surface area contributed by atoms with Gasteiger partial charge in [0.05, 0.1) is 0 Å². The maximum atomic E-state index is 12.1. The van der Waals surface area contributed by atoms with E-state index in [1.165, 1.54) is 0 Å². The van der Waals surface area contributed by atoms with Gasteiger partial charge < -0.3 is 14.8 Å². The molecule has 6 heteroatoms. The van der Waals surface area contributed by atoms with Crippen molar-refractivity contribution in [3.05, 3.63) is 36.3 Å². The molecule has 2 aromatic rings. The van der Waals surface area contributed by atoms with Crippen LogP contribution >= 0.6 is 0 Å². The number of nitrogens with one attached hydrogen (secondary N) is 1. The standard InChI is InChI=1S/C14H17N3O3/c1-3-9(2)12(14(19)20)16-13(18)10-8-17-7-5-4-6-11(17)15-10/h4-9,12H,3H2,1-2H3,(H,16,18)(H,19,20)/t9?,12-/m0/s1. The Morgan fingerprint density at radius 2 is 2.20 bits per heavy atom. The highest BCUT2D eigenvalue weighted by molar-refractivity contribution is 5.95. The van der Waals surface area contributed by atoms with Crippen molar-refractivity contribution in [3.8, 4) is 0 Å². The third kappa shape index (κ3) is 2.79. The molecule has 0 aliphatic heterocycles. The van der Waals surface area contributed by atoms with Crippen LogP contribution in [0.1, 0.15) is 30.8 Å². The summed E-state index contributed by atoms with van der Waals surface area (Å²) >= 11 is 0. The first-order chi connectivity index (χ1) is 9.52. The first kappa shape index (κ1) is 14.0. The molecule has 1 amide bonds. The monoisotopic (exact) mass is 275 g/mol. The fourth-order valence-corrected chi connectivity index (χ4v) is 1.94. The molecule has 2 aromatic heterocycles. The van der Waals surface area contributed by atoms with Crippen LogP contribution in [-0.4, -0.2) is 32.4 Å². The Kier molecular flexibility index (Phi) is 4.02. The van der Waals surface area contributed by atoms with E-state index in [4.69, 9.17) is 0 Å². The highest BCUT2D eigenvalue weighted by Gasteiger charge is 2.26. The molecule has 0 aliphatic carbocycles. The SMILES string of the molecule is CCC(C)[C@H](NC(=O)c1cn2ccccc2n1)C(=O)O. The van der Waals surface area contributed by atoms with Crippen LogP contribution < -0.4 is 5.32 Å². The minimum atomic E-state index is -1.03. The van der Waals surface area contributed by atoms with E-state index in [1.807, 2.05) is 19.1 Å². The van der Waals surface area contributed by atoms with Crippen LogP contribution in [0.4, 0.5) is 0 Å². The van der Waals surface area contributed by atoms with Gasteiger partial charge in [-0.25, -0.2) is 9.78 Å². The molecule has 2 atom stereocenters. The van der Waals surface area contributed by atoms with Crippen molar-refractivity contribution in [2.24, 2.45) is 5.92 Å². The highest BCUT2D eigenvalue weighted by atomic mass is 16.4. The van der Waals surface area contributed by atoms with Gasteiger partial charge in [-0.2, -0.15) is 0 Å². The molecule has 20 heavy (non-hydrogen) atoms. The topological polar surface area (TPSA) is 83.7 Å². The lowest BCUT2D eigenvalue weighted by Crippen LogP contribution is -2.45. The van der Waals surface area contributed by atoms with Gasteiger partial charge in [0.25, 0.3) is 5.91 Å². The van der Waals surface area contributed by atoms with Gasteiger partial charge in [-0.15, -0.1) is 0 Å². The molecule has 0 saturated heterocycles. The number of rotatable bonds is 5. The van der Waals surface area contributed by atoms with E-state index in [0.717, 1.165) is 0 Å². The second-order valence-corrected chi connectivity index (χ2v) is 4.77. The number of aromatic nitrogens is 2. The number of hydrogen-bond donors (Lipinski definition) is 2. The minimum Gasteiger partial charge on any atom is -0.480 e. The Bertz CT molecular complexity index is 602. The molecule has 6 nitrogen and oxygen atoms in total. The van der Waals surface area contributed by atoms with E-state index < -0.39 is 17.9 Å². The zero-order valence-corrected chi connectivity index (χ0v) is 11.4. The van der Waals surface area contributed by atoms with Crippen molar-refractivity contribution in [3.63, 3.8) is 0 Å². The van der Waals surface area contributed by atoms with Crippen LogP contribution in [0.5, 0.6) is 0 Å². The Morgan fingerprint density at radius 1 is 1.45 bits per heavy atom. The maximum absolute atomic E-state index is 12.1. The number of aliphatic carboxylic acids is 1. The first-order valence-corrected chi connectivity index (χ1v) is 6.50. The predicted octanol–water partition coefficient (Wildman–Crippen LogP) is 1.56. The Morgan fingerprint density at radius 3 is 2.80 bits per heavy atom. The quantitative estimate of drug-likeness (QED) is 0.867. The zero-order chi connectivity index (χ0) is 14.7. The number of nitrogens with zero attached hydrogens (tertiary/aromatic N) is 2. The summed E-state index contributed by atoms with van der Waals surface area (Å²) in [4.78, 5) is 27.5. The second kappa shape index (κ2) is 5.73. The van der Waals surface area contributed by atoms with Gasteiger partial charge >= 0.3 is 5.97 Å². The number of amides is 1. The number of pyridine rings is 1. The summed E-state index contributed by atoms with van der Waals surface area (Å²) in [5, 5.41) is 11.7. The number of carboxylic acid groups (broad SMARTS) is 1. The van der Waals surface area contributed by atoms with Gasteiger partial charge in [0.15, 0.2) is 0 Å². The molecular weight excluding hydrogens is 258 g/mol. The molecule has 0 spiro atoms. The predicted molar refractivity (Wildman–Crippen MR) is 73.5 cm³/mol. The lowest BCUT2D eigenvalue weighted by Gasteiger charge is -2.19. The second-order valence-electron chi connectivity index (χ2n) is 4.77. The van der Waals surface area contributed by atoms with E-state index in [9.17, 15) is 14.7 Å².